The number of aromatic nitrogens is 2. The Morgan fingerprint density at radius 3 is 2.39 bits per heavy atom. The zero-order valence-corrected chi connectivity index (χ0v) is 14.2. The summed E-state index contributed by atoms with van der Waals surface area (Å²) in [6.07, 6.45) is 1.67. The molecule has 0 aliphatic carbocycles. The molecule has 0 aliphatic rings. The number of benzene rings is 1. The Hall–Kier alpha value is -2.10. The summed E-state index contributed by atoms with van der Waals surface area (Å²) in [4.78, 5) is 20.0. The molecule has 0 atom stereocenters. The number of aromatic amines is 1. The first-order valence-electron chi connectivity index (χ1n) is 7.09. The summed E-state index contributed by atoms with van der Waals surface area (Å²) in [7, 11) is 0. The fourth-order valence-electron chi connectivity index (χ4n) is 2.57. The van der Waals surface area contributed by atoms with Gasteiger partial charge in [-0.2, -0.15) is 0 Å². The molecule has 23 heavy (non-hydrogen) atoms. The van der Waals surface area contributed by atoms with Crippen LogP contribution in [0.1, 0.15) is 11.4 Å². The van der Waals surface area contributed by atoms with Crippen LogP contribution < -0.4 is 5.43 Å². The summed E-state index contributed by atoms with van der Waals surface area (Å²) in [6.45, 7) is 3.63. The molecular formula is C18H14Cl2N2O. The molecule has 0 saturated heterocycles. The first kappa shape index (κ1) is 15.8. The Morgan fingerprint density at radius 1 is 1.00 bits per heavy atom. The third-order valence-corrected chi connectivity index (χ3v) is 4.49. The maximum atomic E-state index is 12.4. The Labute approximate surface area is 143 Å². The molecule has 0 saturated carbocycles. The van der Waals surface area contributed by atoms with Crippen molar-refractivity contribution in [2.45, 2.75) is 13.8 Å². The third kappa shape index (κ3) is 2.90. The van der Waals surface area contributed by atoms with E-state index in [1.165, 1.54) is 0 Å². The van der Waals surface area contributed by atoms with E-state index in [4.69, 9.17) is 23.2 Å². The molecule has 116 valence electrons. The van der Waals surface area contributed by atoms with Crippen molar-refractivity contribution in [1.29, 1.82) is 0 Å². The van der Waals surface area contributed by atoms with Crippen LogP contribution in [0.5, 0.6) is 0 Å². The molecule has 1 N–H and O–H groups in total. The van der Waals surface area contributed by atoms with E-state index < -0.39 is 0 Å². The van der Waals surface area contributed by atoms with Crippen molar-refractivity contribution in [1.82, 2.24) is 9.97 Å². The summed E-state index contributed by atoms with van der Waals surface area (Å²) >= 11 is 12.3. The highest BCUT2D eigenvalue weighted by Gasteiger charge is 2.13. The highest BCUT2D eigenvalue weighted by atomic mass is 35.5. The minimum Gasteiger partial charge on any atom is -0.361 e. The number of nitrogens with zero attached hydrogens (tertiary/aromatic N) is 1. The van der Waals surface area contributed by atoms with Gasteiger partial charge in [0.15, 0.2) is 0 Å². The minimum atomic E-state index is -0.187. The first-order valence-corrected chi connectivity index (χ1v) is 7.85. The molecule has 0 bridgehead atoms. The van der Waals surface area contributed by atoms with Gasteiger partial charge < -0.3 is 4.98 Å². The van der Waals surface area contributed by atoms with Crippen LogP contribution in [0.2, 0.25) is 10.0 Å². The summed E-state index contributed by atoms with van der Waals surface area (Å²) < 4.78 is 0. The topological polar surface area (TPSA) is 45.8 Å². The average molecular weight is 345 g/mol. The molecule has 3 rings (SSSR count). The molecule has 5 heteroatoms. The summed E-state index contributed by atoms with van der Waals surface area (Å²) in [6, 6.07) is 11.2. The van der Waals surface area contributed by atoms with Crippen molar-refractivity contribution >= 4 is 23.2 Å². The van der Waals surface area contributed by atoms with E-state index >= 15 is 0 Å². The highest BCUT2D eigenvalue weighted by molar-refractivity contribution is 6.33. The zero-order chi connectivity index (χ0) is 16.6. The fraction of sp³-hybridized carbons (Fsp3) is 0.111. The fourth-order valence-corrected chi connectivity index (χ4v) is 2.94. The molecule has 0 unspecified atom stereocenters. The lowest BCUT2D eigenvalue weighted by Crippen LogP contribution is -2.11. The standard InChI is InChI=1S/C18H14Cl2N2O/c1-10-16(18(23)17(20)11(2)22-10)12-7-8-15(21-9-12)13-5-3-4-6-14(13)19/h3-9H,1-2H3,(H,22,23). The van der Waals surface area contributed by atoms with Crippen LogP contribution >= 0.6 is 23.2 Å². The van der Waals surface area contributed by atoms with Gasteiger partial charge in [-0.05, 0) is 26.0 Å². The molecule has 0 fully saturated rings. The van der Waals surface area contributed by atoms with Crippen LogP contribution in [0, 0.1) is 13.8 Å². The molecule has 0 radical (unpaired) electrons. The van der Waals surface area contributed by atoms with Crippen molar-refractivity contribution in [3.05, 3.63) is 74.3 Å². The number of H-pyrrole nitrogens is 1. The summed E-state index contributed by atoms with van der Waals surface area (Å²) in [5.74, 6) is 0. The number of rotatable bonds is 2. The Balaban J connectivity index is 2.10. The minimum absolute atomic E-state index is 0.187. The van der Waals surface area contributed by atoms with Crippen molar-refractivity contribution in [3.8, 4) is 22.4 Å². The first-order chi connectivity index (χ1) is 11.0. The van der Waals surface area contributed by atoms with Gasteiger partial charge in [0, 0.05) is 33.7 Å². The van der Waals surface area contributed by atoms with Crippen LogP contribution in [0.15, 0.2) is 47.4 Å². The van der Waals surface area contributed by atoms with Gasteiger partial charge >= 0.3 is 0 Å². The number of hydrogen-bond donors (Lipinski definition) is 1. The lowest BCUT2D eigenvalue weighted by atomic mass is 10.0. The molecular weight excluding hydrogens is 331 g/mol. The van der Waals surface area contributed by atoms with Crippen LogP contribution in [0.25, 0.3) is 22.4 Å². The zero-order valence-electron chi connectivity index (χ0n) is 12.7. The van der Waals surface area contributed by atoms with Gasteiger partial charge in [0.2, 0.25) is 5.43 Å². The molecule has 0 spiro atoms. The van der Waals surface area contributed by atoms with E-state index in [2.05, 4.69) is 9.97 Å². The summed E-state index contributed by atoms with van der Waals surface area (Å²) in [5, 5.41) is 0.848. The van der Waals surface area contributed by atoms with Crippen LogP contribution in [-0.4, -0.2) is 9.97 Å². The van der Waals surface area contributed by atoms with Gasteiger partial charge in [-0.15, -0.1) is 0 Å². The highest BCUT2D eigenvalue weighted by Crippen LogP contribution is 2.28. The number of pyridine rings is 2. The molecule has 2 heterocycles. The third-order valence-electron chi connectivity index (χ3n) is 3.71. The van der Waals surface area contributed by atoms with E-state index in [1.807, 2.05) is 43.3 Å². The SMILES string of the molecule is Cc1[nH]c(C)c(-c2ccc(-c3ccccc3Cl)nc2)c(=O)c1Cl. The Bertz CT molecular complexity index is 931. The van der Waals surface area contributed by atoms with Crippen LogP contribution in [0.4, 0.5) is 0 Å². The number of nitrogens with one attached hydrogen (secondary N) is 1. The molecule has 3 aromatic rings. The van der Waals surface area contributed by atoms with Gasteiger partial charge in [0.1, 0.15) is 5.02 Å². The van der Waals surface area contributed by atoms with E-state index in [0.29, 0.717) is 16.3 Å². The second-order valence-electron chi connectivity index (χ2n) is 5.31. The second kappa shape index (κ2) is 6.19. The molecule has 1 aromatic carbocycles. The van der Waals surface area contributed by atoms with Gasteiger partial charge in [0.25, 0.3) is 0 Å². The predicted octanol–water partition coefficient (Wildman–Crippen LogP) is 5.03. The van der Waals surface area contributed by atoms with E-state index in [0.717, 1.165) is 22.5 Å². The number of aryl methyl sites for hydroxylation is 2. The van der Waals surface area contributed by atoms with Crippen molar-refractivity contribution in [3.63, 3.8) is 0 Å². The predicted molar refractivity (Wildman–Crippen MR) is 95.2 cm³/mol. The normalized spacial score (nSPS) is 10.8. The second-order valence-corrected chi connectivity index (χ2v) is 6.09. The van der Waals surface area contributed by atoms with Crippen molar-refractivity contribution < 1.29 is 0 Å². The van der Waals surface area contributed by atoms with Crippen molar-refractivity contribution in [2.75, 3.05) is 0 Å². The van der Waals surface area contributed by atoms with Crippen LogP contribution in [-0.2, 0) is 0 Å². The van der Waals surface area contributed by atoms with E-state index in [1.54, 1.807) is 13.1 Å². The van der Waals surface area contributed by atoms with E-state index in [9.17, 15) is 4.79 Å². The lowest BCUT2D eigenvalue weighted by Gasteiger charge is -2.09. The van der Waals surface area contributed by atoms with E-state index in [-0.39, 0.29) is 10.5 Å². The number of halogens is 2. The Morgan fingerprint density at radius 2 is 1.74 bits per heavy atom. The smallest absolute Gasteiger partial charge is 0.208 e. The Kier molecular flexibility index (Phi) is 4.24. The molecule has 0 aliphatic heterocycles. The molecule has 0 amide bonds. The number of hydrogen-bond acceptors (Lipinski definition) is 2. The summed E-state index contributed by atoms with van der Waals surface area (Å²) in [5.41, 5.74) is 4.12. The van der Waals surface area contributed by atoms with Crippen LogP contribution in [0.3, 0.4) is 0 Å². The maximum absolute atomic E-state index is 12.4. The van der Waals surface area contributed by atoms with Gasteiger partial charge in [-0.25, -0.2) is 0 Å². The monoisotopic (exact) mass is 344 g/mol. The molecule has 2 aromatic heterocycles. The quantitative estimate of drug-likeness (QED) is 0.708. The largest absolute Gasteiger partial charge is 0.361 e. The average Bonchev–Trinajstić information content (AvgIpc) is 2.54. The van der Waals surface area contributed by atoms with Gasteiger partial charge in [-0.3, -0.25) is 9.78 Å². The van der Waals surface area contributed by atoms with Crippen molar-refractivity contribution in [2.24, 2.45) is 0 Å². The van der Waals surface area contributed by atoms with Gasteiger partial charge in [-0.1, -0.05) is 47.5 Å². The lowest BCUT2D eigenvalue weighted by molar-refractivity contribution is 1.11. The van der Waals surface area contributed by atoms with Gasteiger partial charge in [0.05, 0.1) is 11.3 Å². The molecule has 3 nitrogen and oxygen atoms in total. The maximum Gasteiger partial charge on any atom is 0.208 e.